The molecule has 3 aromatic rings. The number of aryl methyl sites for hydroxylation is 1. The number of carbonyl (C=O) groups is 1. The molecule has 0 atom stereocenters. The molecule has 1 N–H and O–H groups in total. The first-order valence-electron chi connectivity index (χ1n) is 7.70. The fraction of sp³-hybridized carbons (Fsp3) is 0.118. The molecule has 0 fully saturated rings. The Bertz CT molecular complexity index is 1010. The molecular formula is C17H13FN4O4S. The van der Waals surface area contributed by atoms with E-state index in [0.717, 1.165) is 41.1 Å². The fourth-order valence-corrected chi connectivity index (χ4v) is 2.79. The van der Waals surface area contributed by atoms with E-state index in [1.165, 1.54) is 0 Å². The third-order valence-corrected chi connectivity index (χ3v) is 4.36. The van der Waals surface area contributed by atoms with Crippen LogP contribution in [0.25, 0.3) is 11.5 Å². The van der Waals surface area contributed by atoms with Crippen molar-refractivity contribution in [2.75, 3.05) is 11.1 Å². The minimum atomic E-state index is -0.765. The van der Waals surface area contributed by atoms with Crippen molar-refractivity contribution in [2.45, 2.75) is 12.1 Å². The summed E-state index contributed by atoms with van der Waals surface area (Å²) >= 11 is 0.977. The highest BCUT2D eigenvalue weighted by Gasteiger charge is 2.15. The average Bonchev–Trinajstić information content (AvgIpc) is 3.11. The number of amides is 1. The summed E-state index contributed by atoms with van der Waals surface area (Å²) in [4.78, 5) is 22.1. The van der Waals surface area contributed by atoms with Gasteiger partial charge in [0.2, 0.25) is 11.8 Å². The van der Waals surface area contributed by atoms with Crippen LogP contribution in [0.5, 0.6) is 0 Å². The summed E-state index contributed by atoms with van der Waals surface area (Å²) in [5, 5.41) is 21.0. The summed E-state index contributed by atoms with van der Waals surface area (Å²) in [7, 11) is 0. The third kappa shape index (κ3) is 4.47. The lowest BCUT2D eigenvalue weighted by Gasteiger charge is -2.05. The van der Waals surface area contributed by atoms with Gasteiger partial charge in [0, 0.05) is 17.7 Å². The lowest BCUT2D eigenvalue weighted by Crippen LogP contribution is -2.15. The van der Waals surface area contributed by atoms with Crippen molar-refractivity contribution >= 4 is 29.0 Å². The molecule has 8 nitrogen and oxygen atoms in total. The Morgan fingerprint density at radius 1 is 1.30 bits per heavy atom. The zero-order valence-electron chi connectivity index (χ0n) is 14.0. The van der Waals surface area contributed by atoms with Gasteiger partial charge in [-0.1, -0.05) is 30.0 Å². The van der Waals surface area contributed by atoms with E-state index in [9.17, 15) is 19.3 Å². The molecule has 1 aromatic heterocycles. The van der Waals surface area contributed by atoms with E-state index in [0.29, 0.717) is 5.89 Å². The molecule has 0 aliphatic rings. The number of aromatic nitrogens is 2. The van der Waals surface area contributed by atoms with Gasteiger partial charge in [0.05, 0.1) is 16.4 Å². The van der Waals surface area contributed by atoms with E-state index in [-0.39, 0.29) is 22.4 Å². The minimum absolute atomic E-state index is 0.127. The molecule has 27 heavy (non-hydrogen) atoms. The molecule has 3 rings (SSSR count). The number of halogens is 1. The molecule has 1 amide bonds. The Morgan fingerprint density at radius 2 is 2.07 bits per heavy atom. The maximum atomic E-state index is 13.7. The van der Waals surface area contributed by atoms with Gasteiger partial charge in [0.25, 0.3) is 10.9 Å². The lowest BCUT2D eigenvalue weighted by atomic mass is 10.1. The quantitative estimate of drug-likeness (QED) is 0.388. The van der Waals surface area contributed by atoms with Gasteiger partial charge >= 0.3 is 0 Å². The van der Waals surface area contributed by atoms with Crippen molar-refractivity contribution in [3.8, 4) is 11.5 Å². The number of carbonyl (C=O) groups excluding carboxylic acids is 1. The molecule has 0 radical (unpaired) electrons. The molecule has 10 heteroatoms. The Hall–Kier alpha value is -3.27. The van der Waals surface area contributed by atoms with Crippen molar-refractivity contribution < 1.29 is 18.5 Å². The van der Waals surface area contributed by atoms with Crippen LogP contribution in [0.2, 0.25) is 0 Å². The van der Waals surface area contributed by atoms with E-state index >= 15 is 0 Å². The van der Waals surface area contributed by atoms with Gasteiger partial charge < -0.3 is 9.73 Å². The van der Waals surface area contributed by atoms with E-state index < -0.39 is 16.6 Å². The third-order valence-electron chi connectivity index (χ3n) is 3.54. The Balaban J connectivity index is 1.63. The Labute approximate surface area is 156 Å². The van der Waals surface area contributed by atoms with Crippen LogP contribution in [0.3, 0.4) is 0 Å². The zero-order valence-corrected chi connectivity index (χ0v) is 14.8. The van der Waals surface area contributed by atoms with Gasteiger partial charge in [-0.25, -0.2) is 4.39 Å². The normalized spacial score (nSPS) is 10.6. The summed E-state index contributed by atoms with van der Waals surface area (Å²) in [6, 6.07) is 10.4. The summed E-state index contributed by atoms with van der Waals surface area (Å²) in [6.07, 6.45) is 0. The smallest absolute Gasteiger partial charge is 0.277 e. The van der Waals surface area contributed by atoms with Gasteiger partial charge in [-0.2, -0.15) is 0 Å². The van der Waals surface area contributed by atoms with E-state index in [4.69, 9.17) is 4.42 Å². The number of non-ortho nitro benzene ring substituents is 1. The first kappa shape index (κ1) is 18.5. The number of hydrogen-bond donors (Lipinski definition) is 1. The van der Waals surface area contributed by atoms with Crippen molar-refractivity contribution in [1.82, 2.24) is 10.2 Å². The second-order valence-electron chi connectivity index (χ2n) is 5.45. The van der Waals surface area contributed by atoms with Crippen LogP contribution in [0.1, 0.15) is 5.56 Å². The van der Waals surface area contributed by atoms with E-state index in [1.54, 1.807) is 0 Å². The molecule has 0 unspecified atom stereocenters. The topological polar surface area (TPSA) is 111 Å². The first-order valence-corrected chi connectivity index (χ1v) is 8.68. The monoisotopic (exact) mass is 388 g/mol. The molecule has 1 heterocycles. The molecule has 2 aromatic carbocycles. The van der Waals surface area contributed by atoms with Crippen LogP contribution >= 0.6 is 11.8 Å². The summed E-state index contributed by atoms with van der Waals surface area (Å²) in [6.45, 7) is 1.91. The number of nitrogens with zero attached hydrogens (tertiary/aromatic N) is 3. The number of benzene rings is 2. The predicted molar refractivity (Wildman–Crippen MR) is 96.9 cm³/mol. The van der Waals surface area contributed by atoms with Gasteiger partial charge in [-0.05, 0) is 24.6 Å². The number of nitrogens with one attached hydrogen (secondary N) is 1. The summed E-state index contributed by atoms with van der Waals surface area (Å²) < 4.78 is 19.2. The highest BCUT2D eigenvalue weighted by molar-refractivity contribution is 7.99. The van der Waals surface area contributed by atoms with Crippen molar-refractivity contribution in [3.63, 3.8) is 0 Å². The van der Waals surface area contributed by atoms with Crippen LogP contribution < -0.4 is 5.32 Å². The lowest BCUT2D eigenvalue weighted by molar-refractivity contribution is -0.384. The summed E-state index contributed by atoms with van der Waals surface area (Å²) in [5.74, 6) is -1.12. The SMILES string of the molecule is Cc1ccccc1-c1nnc(SCC(=O)Nc2cc([N+](=O)[O-])ccc2F)o1. The molecular weight excluding hydrogens is 375 g/mol. The molecule has 0 aliphatic heterocycles. The largest absolute Gasteiger partial charge is 0.411 e. The molecule has 138 valence electrons. The fourth-order valence-electron chi connectivity index (χ4n) is 2.23. The van der Waals surface area contributed by atoms with Crippen LogP contribution in [-0.2, 0) is 4.79 Å². The summed E-state index contributed by atoms with van der Waals surface area (Å²) in [5.41, 5.74) is 1.18. The molecule has 0 saturated carbocycles. The van der Waals surface area contributed by atoms with Crippen molar-refractivity contribution in [2.24, 2.45) is 0 Å². The molecule has 0 bridgehead atoms. The number of rotatable bonds is 6. The maximum Gasteiger partial charge on any atom is 0.277 e. The second-order valence-corrected chi connectivity index (χ2v) is 6.37. The van der Waals surface area contributed by atoms with Crippen LogP contribution in [0, 0.1) is 22.9 Å². The maximum absolute atomic E-state index is 13.7. The van der Waals surface area contributed by atoms with E-state index in [1.807, 2.05) is 31.2 Å². The van der Waals surface area contributed by atoms with Crippen LogP contribution in [-0.4, -0.2) is 26.8 Å². The van der Waals surface area contributed by atoms with Crippen molar-refractivity contribution in [3.05, 3.63) is 64.0 Å². The number of hydrogen-bond acceptors (Lipinski definition) is 7. The van der Waals surface area contributed by atoms with Gasteiger partial charge in [0.1, 0.15) is 5.82 Å². The number of thioether (sulfide) groups is 1. The predicted octanol–water partition coefficient (Wildman–Crippen LogP) is 3.82. The Kier molecular flexibility index (Phi) is 5.46. The Morgan fingerprint density at radius 3 is 2.81 bits per heavy atom. The highest BCUT2D eigenvalue weighted by atomic mass is 32.2. The van der Waals surface area contributed by atoms with Gasteiger partial charge in [0.15, 0.2) is 0 Å². The zero-order chi connectivity index (χ0) is 19.4. The molecule has 0 spiro atoms. The van der Waals surface area contributed by atoms with Crippen LogP contribution in [0.4, 0.5) is 15.8 Å². The van der Waals surface area contributed by atoms with Crippen molar-refractivity contribution in [1.29, 1.82) is 0 Å². The van der Waals surface area contributed by atoms with Gasteiger partial charge in [-0.15, -0.1) is 10.2 Å². The molecule has 0 aliphatic carbocycles. The standard InChI is InChI=1S/C17H13FN4O4S/c1-10-4-2-3-5-12(10)16-20-21-17(26-16)27-9-15(23)19-14-8-11(22(24)25)6-7-13(14)18/h2-8H,9H2,1H3,(H,19,23). The number of nitro groups is 1. The number of anilines is 1. The first-order chi connectivity index (χ1) is 12.9. The number of nitro benzene ring substituents is 1. The van der Waals surface area contributed by atoms with Crippen LogP contribution in [0.15, 0.2) is 52.1 Å². The molecule has 0 saturated heterocycles. The van der Waals surface area contributed by atoms with Gasteiger partial charge in [-0.3, -0.25) is 14.9 Å². The highest BCUT2D eigenvalue weighted by Crippen LogP contribution is 2.26. The van der Waals surface area contributed by atoms with E-state index in [2.05, 4.69) is 15.5 Å². The average molecular weight is 388 g/mol. The minimum Gasteiger partial charge on any atom is -0.411 e. The second kappa shape index (κ2) is 7.96.